The summed E-state index contributed by atoms with van der Waals surface area (Å²) in [7, 11) is 1.59. The minimum Gasteiger partial charge on any atom is -0.369 e. The van der Waals surface area contributed by atoms with Crippen LogP contribution in [-0.2, 0) is 9.53 Å². The average molecular weight is 349 g/mol. The number of β-lactam (4-membered cyclic amide) rings is 1. The van der Waals surface area contributed by atoms with Gasteiger partial charge < -0.3 is 4.74 Å². The Kier molecular flexibility index (Phi) is 3.76. The molecule has 2 atom stereocenters. The van der Waals surface area contributed by atoms with Crippen molar-refractivity contribution in [3.63, 3.8) is 0 Å². The minimum absolute atomic E-state index is 0.0422. The highest BCUT2D eigenvalue weighted by atomic mass is 127. The summed E-state index contributed by atoms with van der Waals surface area (Å²) in [5.74, 6) is 0.0552. The van der Waals surface area contributed by atoms with Gasteiger partial charge in [-0.2, -0.15) is 0 Å². The van der Waals surface area contributed by atoms with Gasteiger partial charge in [-0.1, -0.05) is 30.1 Å². The minimum atomic E-state index is -0.330. The van der Waals surface area contributed by atoms with Crippen molar-refractivity contribution in [2.75, 3.05) is 13.4 Å². The molecule has 0 spiro atoms. The van der Waals surface area contributed by atoms with Crippen molar-refractivity contribution >= 4 is 40.4 Å². The number of halogens is 1. The highest BCUT2D eigenvalue weighted by molar-refractivity contribution is 14.1. The number of amides is 1. The van der Waals surface area contributed by atoms with E-state index >= 15 is 0 Å². The molecule has 1 aromatic rings. The van der Waals surface area contributed by atoms with Gasteiger partial charge in [-0.05, 0) is 34.2 Å². The molecule has 86 valence electrons. The third-order valence-corrected chi connectivity index (χ3v) is 4.46. The third-order valence-electron chi connectivity index (χ3n) is 2.67. The first-order chi connectivity index (χ1) is 7.70. The van der Waals surface area contributed by atoms with Crippen molar-refractivity contribution in [3.8, 4) is 0 Å². The Morgan fingerprint density at radius 2 is 2.12 bits per heavy atom. The van der Waals surface area contributed by atoms with Crippen molar-refractivity contribution in [2.24, 2.45) is 0 Å². The summed E-state index contributed by atoms with van der Waals surface area (Å²) in [6.45, 7) is 0. The fraction of sp³-hybridized carbons (Fsp3) is 0.364. The normalized spacial score (nSPS) is 24.4. The Labute approximate surface area is 113 Å². The number of carbonyl (C=O) groups is 1. The Morgan fingerprint density at radius 1 is 1.44 bits per heavy atom. The van der Waals surface area contributed by atoms with Gasteiger partial charge in [-0.3, -0.25) is 9.10 Å². The average Bonchev–Trinajstić information content (AvgIpc) is 2.28. The van der Waals surface area contributed by atoms with Gasteiger partial charge in [-0.15, -0.1) is 0 Å². The van der Waals surface area contributed by atoms with Crippen LogP contribution in [0, 0.1) is 3.57 Å². The van der Waals surface area contributed by atoms with Gasteiger partial charge in [0.2, 0.25) is 0 Å². The summed E-state index contributed by atoms with van der Waals surface area (Å²) < 4.78 is 8.18. The second kappa shape index (κ2) is 4.93. The van der Waals surface area contributed by atoms with E-state index < -0.39 is 0 Å². The number of methoxy groups -OCH3 is 1. The van der Waals surface area contributed by atoms with Crippen LogP contribution in [0.2, 0.25) is 0 Å². The molecule has 1 fully saturated rings. The zero-order valence-corrected chi connectivity index (χ0v) is 12.0. The molecule has 0 bridgehead atoms. The molecule has 16 heavy (non-hydrogen) atoms. The molecule has 1 saturated heterocycles. The Hall–Kier alpha value is -0.270. The topological polar surface area (TPSA) is 29.5 Å². The molecule has 0 saturated carbocycles. The van der Waals surface area contributed by atoms with Crippen molar-refractivity contribution < 1.29 is 9.53 Å². The number of rotatable bonds is 3. The van der Waals surface area contributed by atoms with E-state index in [2.05, 4.69) is 22.6 Å². The smallest absolute Gasteiger partial charge is 0.264 e. The Bertz CT molecular complexity index is 399. The zero-order chi connectivity index (χ0) is 11.7. The predicted molar refractivity (Wildman–Crippen MR) is 73.1 cm³/mol. The molecular weight excluding hydrogens is 337 g/mol. The molecule has 1 amide bonds. The van der Waals surface area contributed by atoms with Crippen LogP contribution in [0.1, 0.15) is 11.6 Å². The van der Waals surface area contributed by atoms with Crippen molar-refractivity contribution in [2.45, 2.75) is 12.1 Å². The molecule has 5 heteroatoms. The Balaban J connectivity index is 2.32. The summed E-state index contributed by atoms with van der Waals surface area (Å²) in [4.78, 5) is 11.7. The second-order valence-electron chi connectivity index (χ2n) is 3.47. The molecule has 1 aliphatic rings. The van der Waals surface area contributed by atoms with E-state index in [1.165, 1.54) is 15.5 Å². The maximum atomic E-state index is 11.7. The number of benzene rings is 1. The van der Waals surface area contributed by atoms with Gasteiger partial charge >= 0.3 is 0 Å². The van der Waals surface area contributed by atoms with Gasteiger partial charge in [0.25, 0.3) is 5.91 Å². The summed E-state index contributed by atoms with van der Waals surface area (Å²) in [5.41, 5.74) is 1.16. The first kappa shape index (κ1) is 12.2. The molecular formula is C11H12INO2S. The van der Waals surface area contributed by atoms with Crippen molar-refractivity contribution in [3.05, 3.63) is 33.4 Å². The number of nitrogens with zero attached hydrogens (tertiary/aromatic N) is 1. The molecule has 1 aromatic carbocycles. The molecule has 2 rings (SSSR count). The fourth-order valence-electron chi connectivity index (χ4n) is 1.88. The lowest BCUT2D eigenvalue weighted by atomic mass is 9.94. The summed E-state index contributed by atoms with van der Waals surface area (Å²) in [5, 5.41) is 0. The second-order valence-corrected chi connectivity index (χ2v) is 5.39. The monoisotopic (exact) mass is 349 g/mol. The summed E-state index contributed by atoms with van der Waals surface area (Å²) in [6.07, 6.45) is 1.58. The van der Waals surface area contributed by atoms with E-state index in [1.54, 1.807) is 11.4 Å². The molecule has 2 unspecified atom stereocenters. The SMILES string of the molecule is COC1C(=O)N(SC)C1c1ccccc1I. The van der Waals surface area contributed by atoms with Crippen LogP contribution in [0.15, 0.2) is 24.3 Å². The van der Waals surface area contributed by atoms with E-state index in [-0.39, 0.29) is 18.1 Å². The highest BCUT2D eigenvalue weighted by Gasteiger charge is 2.49. The lowest BCUT2D eigenvalue weighted by molar-refractivity contribution is -0.158. The molecule has 0 radical (unpaired) electrons. The first-order valence-electron chi connectivity index (χ1n) is 4.85. The molecule has 0 aliphatic carbocycles. The van der Waals surface area contributed by atoms with Crippen LogP contribution in [0.3, 0.4) is 0 Å². The van der Waals surface area contributed by atoms with Gasteiger partial charge in [-0.25, -0.2) is 0 Å². The van der Waals surface area contributed by atoms with Gasteiger partial charge in [0, 0.05) is 16.9 Å². The van der Waals surface area contributed by atoms with Crippen LogP contribution in [0.25, 0.3) is 0 Å². The predicted octanol–water partition coefficient (Wildman–Crippen LogP) is 2.47. The number of hydrogen-bond acceptors (Lipinski definition) is 3. The third kappa shape index (κ3) is 1.84. The fourth-order valence-corrected chi connectivity index (χ4v) is 3.32. The Morgan fingerprint density at radius 3 is 2.69 bits per heavy atom. The maximum Gasteiger partial charge on any atom is 0.264 e. The lowest BCUT2D eigenvalue weighted by Crippen LogP contribution is -2.56. The van der Waals surface area contributed by atoms with E-state index in [0.29, 0.717) is 0 Å². The molecule has 3 nitrogen and oxygen atoms in total. The highest BCUT2D eigenvalue weighted by Crippen LogP contribution is 2.42. The van der Waals surface area contributed by atoms with Crippen LogP contribution >= 0.6 is 34.5 Å². The lowest BCUT2D eigenvalue weighted by Gasteiger charge is -2.44. The van der Waals surface area contributed by atoms with Crippen molar-refractivity contribution in [1.29, 1.82) is 0 Å². The quantitative estimate of drug-likeness (QED) is 0.477. The van der Waals surface area contributed by atoms with Gasteiger partial charge in [0.1, 0.15) is 6.04 Å². The van der Waals surface area contributed by atoms with E-state index in [4.69, 9.17) is 4.74 Å². The maximum absolute atomic E-state index is 11.7. The first-order valence-corrected chi connectivity index (χ1v) is 7.11. The molecule has 1 aliphatic heterocycles. The number of carbonyl (C=O) groups excluding carboxylic acids is 1. The molecule has 0 aromatic heterocycles. The largest absolute Gasteiger partial charge is 0.369 e. The standard InChI is InChI=1S/C11H12INO2S/c1-15-10-9(13(16-2)11(10)14)7-5-3-4-6-8(7)12/h3-6,9-10H,1-2H3. The van der Waals surface area contributed by atoms with Gasteiger partial charge in [0.05, 0.1) is 0 Å². The zero-order valence-electron chi connectivity index (χ0n) is 9.01. The number of hydrogen-bond donors (Lipinski definition) is 0. The molecule has 1 heterocycles. The summed E-state index contributed by atoms with van der Waals surface area (Å²) >= 11 is 3.74. The van der Waals surface area contributed by atoms with Crippen LogP contribution in [-0.4, -0.2) is 29.7 Å². The van der Waals surface area contributed by atoms with E-state index in [9.17, 15) is 4.79 Å². The van der Waals surface area contributed by atoms with Crippen LogP contribution in [0.4, 0.5) is 0 Å². The van der Waals surface area contributed by atoms with Crippen LogP contribution in [0.5, 0.6) is 0 Å². The summed E-state index contributed by atoms with van der Waals surface area (Å²) in [6, 6.07) is 8.13. The van der Waals surface area contributed by atoms with E-state index in [1.807, 2.05) is 30.5 Å². The number of ether oxygens (including phenoxy) is 1. The van der Waals surface area contributed by atoms with Crippen LogP contribution < -0.4 is 0 Å². The van der Waals surface area contributed by atoms with E-state index in [0.717, 1.165) is 5.56 Å². The molecule has 0 N–H and O–H groups in total. The van der Waals surface area contributed by atoms with Gasteiger partial charge in [0.15, 0.2) is 6.10 Å². The van der Waals surface area contributed by atoms with Crippen molar-refractivity contribution in [1.82, 2.24) is 4.31 Å².